The summed E-state index contributed by atoms with van der Waals surface area (Å²) in [6, 6.07) is 6.15. The summed E-state index contributed by atoms with van der Waals surface area (Å²) < 4.78 is 0. The fraction of sp³-hybridized carbons (Fsp3) is 0.300. The highest BCUT2D eigenvalue weighted by atomic mass is 35.5. The van der Waals surface area contributed by atoms with Gasteiger partial charge in [0.05, 0.1) is 0 Å². The van der Waals surface area contributed by atoms with Crippen molar-refractivity contribution in [1.82, 2.24) is 0 Å². The van der Waals surface area contributed by atoms with Gasteiger partial charge < -0.3 is 0 Å². The van der Waals surface area contributed by atoms with E-state index in [1.165, 1.54) is 11.1 Å². The molecule has 1 rings (SSSR count). The summed E-state index contributed by atoms with van der Waals surface area (Å²) in [5.74, 6) is 0. The quantitative estimate of drug-likeness (QED) is 0.634. The van der Waals surface area contributed by atoms with E-state index < -0.39 is 0 Å². The van der Waals surface area contributed by atoms with E-state index in [4.69, 9.17) is 11.6 Å². The average molecular weight is 168 g/mol. The second kappa shape index (κ2) is 3.77. The topological polar surface area (TPSA) is 0 Å². The van der Waals surface area contributed by atoms with Crippen LogP contribution < -0.4 is 0 Å². The van der Waals surface area contributed by atoms with Crippen LogP contribution in [-0.2, 0) is 12.8 Å². The molecule has 0 atom stereocenters. The van der Waals surface area contributed by atoms with Crippen LogP contribution in [0, 0.1) is 6.92 Å². The van der Waals surface area contributed by atoms with Crippen molar-refractivity contribution in [3.05, 3.63) is 41.3 Å². The Hall–Kier alpha value is -0.490. The molecule has 0 unspecified atom stereocenters. The van der Waals surface area contributed by atoms with E-state index in [1.807, 2.05) is 6.07 Å². The minimum Gasteiger partial charge on any atom is -0.0840 e. The van der Waals surface area contributed by atoms with Gasteiger partial charge in [0, 0.05) is 5.02 Å². The number of rotatable bonds is 2. The summed E-state index contributed by atoms with van der Waals surface area (Å²) in [4.78, 5) is 0. The predicted octanol–water partition coefficient (Wildman–Crippen LogP) is 3.28. The third-order valence-corrected chi connectivity index (χ3v) is 2.14. The Balaban J connectivity index is 2.99. The standard InChI is InChI=1S/C10H12Cl/c1-3-8-5-6-9(4-2)10(11)7-8/h5-7H,1,3-4H2,2H3. The van der Waals surface area contributed by atoms with Crippen LogP contribution in [0.4, 0.5) is 0 Å². The van der Waals surface area contributed by atoms with Gasteiger partial charge in [0.1, 0.15) is 0 Å². The molecular weight excluding hydrogens is 156 g/mol. The number of halogens is 1. The van der Waals surface area contributed by atoms with Crippen molar-refractivity contribution < 1.29 is 0 Å². The largest absolute Gasteiger partial charge is 0.0840 e. The van der Waals surface area contributed by atoms with Crippen LogP contribution in [0.2, 0.25) is 5.02 Å². The molecule has 1 radical (unpaired) electrons. The Morgan fingerprint density at radius 2 is 2.18 bits per heavy atom. The van der Waals surface area contributed by atoms with Gasteiger partial charge in [0.15, 0.2) is 0 Å². The molecule has 0 aliphatic heterocycles. The number of aryl methyl sites for hydroxylation is 1. The molecule has 0 heterocycles. The summed E-state index contributed by atoms with van der Waals surface area (Å²) in [6.45, 7) is 5.90. The molecule has 1 aromatic carbocycles. The molecule has 59 valence electrons. The van der Waals surface area contributed by atoms with Crippen molar-refractivity contribution in [3.63, 3.8) is 0 Å². The molecule has 0 fully saturated rings. The van der Waals surface area contributed by atoms with Crippen LogP contribution >= 0.6 is 11.6 Å². The van der Waals surface area contributed by atoms with Gasteiger partial charge in [-0.15, -0.1) is 0 Å². The molecule has 0 aliphatic rings. The molecule has 0 nitrogen and oxygen atoms in total. The van der Waals surface area contributed by atoms with E-state index in [0.717, 1.165) is 17.9 Å². The van der Waals surface area contributed by atoms with Gasteiger partial charge in [-0.25, -0.2) is 0 Å². The van der Waals surface area contributed by atoms with E-state index in [1.54, 1.807) is 0 Å². The van der Waals surface area contributed by atoms with Crippen LogP contribution in [0.25, 0.3) is 0 Å². The highest BCUT2D eigenvalue weighted by molar-refractivity contribution is 6.31. The maximum atomic E-state index is 5.98. The zero-order valence-corrected chi connectivity index (χ0v) is 7.49. The summed E-state index contributed by atoms with van der Waals surface area (Å²) in [6.07, 6.45) is 1.81. The van der Waals surface area contributed by atoms with Gasteiger partial charge in [0.25, 0.3) is 0 Å². The fourth-order valence-corrected chi connectivity index (χ4v) is 1.37. The van der Waals surface area contributed by atoms with Crippen LogP contribution in [0.1, 0.15) is 18.1 Å². The van der Waals surface area contributed by atoms with Crippen LogP contribution in [-0.4, -0.2) is 0 Å². The molecule has 0 aliphatic carbocycles. The van der Waals surface area contributed by atoms with Crippen molar-refractivity contribution in [2.45, 2.75) is 19.8 Å². The first-order valence-corrected chi connectivity index (χ1v) is 4.22. The van der Waals surface area contributed by atoms with E-state index in [9.17, 15) is 0 Å². The van der Waals surface area contributed by atoms with Gasteiger partial charge in [-0.1, -0.05) is 30.7 Å². The number of hydrogen-bond acceptors (Lipinski definition) is 0. The minimum absolute atomic E-state index is 0.809. The third kappa shape index (κ3) is 1.97. The van der Waals surface area contributed by atoms with Crippen molar-refractivity contribution in [2.75, 3.05) is 0 Å². The molecular formula is C10H12Cl. The second-order valence-electron chi connectivity index (χ2n) is 2.53. The lowest BCUT2D eigenvalue weighted by molar-refractivity contribution is 1.13. The smallest absolute Gasteiger partial charge is 0.0440 e. The van der Waals surface area contributed by atoms with Crippen LogP contribution in [0.15, 0.2) is 18.2 Å². The van der Waals surface area contributed by atoms with Crippen molar-refractivity contribution >= 4 is 11.6 Å². The number of benzene rings is 1. The fourth-order valence-electron chi connectivity index (χ4n) is 1.03. The SMILES string of the molecule is [CH2]Cc1ccc(CC)c(Cl)c1. The molecule has 1 aromatic rings. The molecule has 0 aromatic heterocycles. The first-order chi connectivity index (χ1) is 5.27. The lowest BCUT2D eigenvalue weighted by Crippen LogP contribution is -1.85. The van der Waals surface area contributed by atoms with Gasteiger partial charge in [-0.2, -0.15) is 0 Å². The molecule has 11 heavy (non-hydrogen) atoms. The van der Waals surface area contributed by atoms with Gasteiger partial charge in [-0.3, -0.25) is 0 Å². The van der Waals surface area contributed by atoms with Gasteiger partial charge >= 0.3 is 0 Å². The summed E-state index contributed by atoms with van der Waals surface area (Å²) in [7, 11) is 0. The Morgan fingerprint density at radius 3 is 2.64 bits per heavy atom. The first-order valence-electron chi connectivity index (χ1n) is 3.84. The Labute approximate surface area is 73.2 Å². The lowest BCUT2D eigenvalue weighted by atomic mass is 10.1. The monoisotopic (exact) mass is 167 g/mol. The van der Waals surface area contributed by atoms with Crippen molar-refractivity contribution in [1.29, 1.82) is 0 Å². The van der Waals surface area contributed by atoms with E-state index in [-0.39, 0.29) is 0 Å². The van der Waals surface area contributed by atoms with E-state index in [0.29, 0.717) is 0 Å². The normalized spacial score (nSPS) is 10.1. The predicted molar refractivity (Wildman–Crippen MR) is 49.9 cm³/mol. The average Bonchev–Trinajstić information content (AvgIpc) is 2.04. The van der Waals surface area contributed by atoms with Gasteiger partial charge in [0.2, 0.25) is 0 Å². The molecule has 0 N–H and O–H groups in total. The van der Waals surface area contributed by atoms with Crippen LogP contribution in [0.5, 0.6) is 0 Å². The molecule has 0 spiro atoms. The summed E-state index contributed by atoms with van der Waals surface area (Å²) in [5.41, 5.74) is 2.41. The summed E-state index contributed by atoms with van der Waals surface area (Å²) in [5, 5.41) is 0.869. The van der Waals surface area contributed by atoms with Gasteiger partial charge in [-0.05, 0) is 37.0 Å². The zero-order chi connectivity index (χ0) is 8.27. The second-order valence-corrected chi connectivity index (χ2v) is 2.94. The molecule has 0 saturated carbocycles. The van der Waals surface area contributed by atoms with Crippen molar-refractivity contribution in [3.8, 4) is 0 Å². The Morgan fingerprint density at radius 1 is 1.45 bits per heavy atom. The van der Waals surface area contributed by atoms with E-state index >= 15 is 0 Å². The Kier molecular flexibility index (Phi) is 2.95. The van der Waals surface area contributed by atoms with Crippen molar-refractivity contribution in [2.24, 2.45) is 0 Å². The molecule has 0 saturated heterocycles. The van der Waals surface area contributed by atoms with E-state index in [2.05, 4.69) is 26.0 Å². The highest BCUT2D eigenvalue weighted by Crippen LogP contribution is 2.18. The van der Waals surface area contributed by atoms with Crippen LogP contribution in [0.3, 0.4) is 0 Å². The maximum Gasteiger partial charge on any atom is 0.0440 e. The molecule has 0 amide bonds. The molecule has 1 heteroatoms. The summed E-state index contributed by atoms with van der Waals surface area (Å²) >= 11 is 5.98. The Bertz CT molecular complexity index is 241. The maximum absolute atomic E-state index is 5.98. The lowest BCUT2D eigenvalue weighted by Gasteiger charge is -2.02. The third-order valence-electron chi connectivity index (χ3n) is 1.79. The zero-order valence-electron chi connectivity index (χ0n) is 6.73. The number of hydrogen-bond donors (Lipinski definition) is 0. The first kappa shape index (κ1) is 8.61. The minimum atomic E-state index is 0.809. The molecule has 0 bridgehead atoms. The highest BCUT2D eigenvalue weighted by Gasteiger charge is 1.97.